The van der Waals surface area contributed by atoms with Gasteiger partial charge in [0.05, 0.1) is 21.3 Å². The lowest BCUT2D eigenvalue weighted by Crippen LogP contribution is -2.37. The summed E-state index contributed by atoms with van der Waals surface area (Å²) in [6.07, 6.45) is -0.266. The smallest absolute Gasteiger partial charge is 0.342 e. The molecule has 1 atom stereocenters. The predicted molar refractivity (Wildman–Crippen MR) is 104 cm³/mol. The summed E-state index contributed by atoms with van der Waals surface area (Å²) in [6.45, 7) is 1.97. The zero-order chi connectivity index (χ0) is 20.5. The van der Waals surface area contributed by atoms with Crippen molar-refractivity contribution in [2.45, 2.75) is 19.4 Å². The molecule has 0 spiro atoms. The second-order valence-electron chi connectivity index (χ2n) is 5.98. The molecule has 7 heteroatoms. The van der Waals surface area contributed by atoms with E-state index in [0.717, 1.165) is 5.56 Å². The van der Waals surface area contributed by atoms with Gasteiger partial charge in [-0.1, -0.05) is 30.3 Å². The van der Waals surface area contributed by atoms with E-state index in [2.05, 4.69) is 5.32 Å². The van der Waals surface area contributed by atoms with Crippen LogP contribution in [0.2, 0.25) is 0 Å². The van der Waals surface area contributed by atoms with Crippen LogP contribution >= 0.6 is 0 Å². The van der Waals surface area contributed by atoms with Crippen LogP contribution in [0.3, 0.4) is 0 Å². The zero-order valence-electron chi connectivity index (χ0n) is 16.5. The van der Waals surface area contributed by atoms with Crippen LogP contribution in [0.25, 0.3) is 0 Å². The van der Waals surface area contributed by atoms with E-state index in [0.29, 0.717) is 24.5 Å². The van der Waals surface area contributed by atoms with Gasteiger partial charge in [0.2, 0.25) is 0 Å². The molecule has 0 aromatic heterocycles. The zero-order valence-corrected chi connectivity index (χ0v) is 16.5. The van der Waals surface area contributed by atoms with Gasteiger partial charge in [0.15, 0.2) is 17.6 Å². The number of ether oxygens (including phenoxy) is 4. The third kappa shape index (κ3) is 5.39. The molecule has 0 radical (unpaired) electrons. The first-order valence-corrected chi connectivity index (χ1v) is 8.82. The number of amides is 1. The Morgan fingerprint density at radius 1 is 0.929 bits per heavy atom. The molecular weight excluding hydrogens is 362 g/mol. The monoisotopic (exact) mass is 387 g/mol. The molecule has 2 aromatic rings. The highest BCUT2D eigenvalue weighted by Crippen LogP contribution is 2.35. The maximum absolute atomic E-state index is 12.5. The summed E-state index contributed by atoms with van der Waals surface area (Å²) in [5.74, 6) is -0.0237. The van der Waals surface area contributed by atoms with Crippen molar-refractivity contribution in [2.75, 3.05) is 27.9 Å². The molecule has 0 aliphatic carbocycles. The highest BCUT2D eigenvalue weighted by molar-refractivity contribution is 5.95. The molecule has 0 saturated carbocycles. The van der Waals surface area contributed by atoms with Crippen molar-refractivity contribution in [1.29, 1.82) is 0 Å². The van der Waals surface area contributed by atoms with Crippen molar-refractivity contribution in [1.82, 2.24) is 5.32 Å². The first kappa shape index (κ1) is 21.1. The maximum atomic E-state index is 12.5. The van der Waals surface area contributed by atoms with Crippen LogP contribution in [0.1, 0.15) is 22.8 Å². The highest BCUT2D eigenvalue weighted by atomic mass is 16.6. The molecule has 1 unspecified atom stereocenters. The Morgan fingerprint density at radius 2 is 1.54 bits per heavy atom. The molecule has 2 rings (SSSR count). The van der Waals surface area contributed by atoms with Crippen LogP contribution in [-0.2, 0) is 16.0 Å². The molecule has 0 bridgehead atoms. The van der Waals surface area contributed by atoms with E-state index in [1.54, 1.807) is 0 Å². The number of rotatable bonds is 9. The van der Waals surface area contributed by atoms with Crippen molar-refractivity contribution in [3.05, 3.63) is 53.6 Å². The fourth-order valence-corrected chi connectivity index (χ4v) is 2.58. The minimum atomic E-state index is -0.957. The average Bonchev–Trinajstić information content (AvgIpc) is 2.73. The Balaban J connectivity index is 1.98. The minimum Gasteiger partial charge on any atom is -0.496 e. The van der Waals surface area contributed by atoms with Gasteiger partial charge in [-0.05, 0) is 18.9 Å². The Hall–Kier alpha value is -3.22. The summed E-state index contributed by atoms with van der Waals surface area (Å²) >= 11 is 0. The fraction of sp³-hybridized carbons (Fsp3) is 0.333. The summed E-state index contributed by atoms with van der Waals surface area (Å²) in [5, 5.41) is 2.77. The van der Waals surface area contributed by atoms with Crippen LogP contribution in [0, 0.1) is 0 Å². The molecule has 7 nitrogen and oxygen atoms in total. The second kappa shape index (κ2) is 10.2. The van der Waals surface area contributed by atoms with Gasteiger partial charge in [0, 0.05) is 18.7 Å². The fourth-order valence-electron chi connectivity index (χ4n) is 2.58. The summed E-state index contributed by atoms with van der Waals surface area (Å²) in [5.41, 5.74) is 1.26. The normalized spacial score (nSPS) is 11.3. The highest BCUT2D eigenvalue weighted by Gasteiger charge is 2.23. The first-order valence-electron chi connectivity index (χ1n) is 8.82. The number of benzene rings is 2. The lowest BCUT2D eigenvalue weighted by atomic mass is 10.1. The SMILES string of the molecule is COc1cc(OC)c(C(=O)OC(C)C(=O)NCCc2ccccc2)cc1OC. The molecule has 0 aliphatic heterocycles. The van der Waals surface area contributed by atoms with Crippen LogP contribution < -0.4 is 19.5 Å². The molecule has 1 N–H and O–H groups in total. The van der Waals surface area contributed by atoms with E-state index < -0.39 is 12.1 Å². The molecule has 28 heavy (non-hydrogen) atoms. The molecule has 2 aromatic carbocycles. The standard InChI is InChI=1S/C21H25NO6/c1-14(20(23)22-11-10-15-8-6-5-7-9-15)28-21(24)16-12-18(26-3)19(27-4)13-17(16)25-2/h5-9,12-14H,10-11H2,1-4H3,(H,22,23). The topological polar surface area (TPSA) is 83.1 Å². The second-order valence-corrected chi connectivity index (χ2v) is 5.98. The van der Waals surface area contributed by atoms with Crippen molar-refractivity contribution < 1.29 is 28.5 Å². The van der Waals surface area contributed by atoms with Gasteiger partial charge in [-0.3, -0.25) is 4.79 Å². The molecule has 150 valence electrons. The van der Waals surface area contributed by atoms with Gasteiger partial charge in [0.25, 0.3) is 5.91 Å². The average molecular weight is 387 g/mol. The summed E-state index contributed by atoms with van der Waals surface area (Å²) < 4.78 is 20.9. The van der Waals surface area contributed by atoms with Crippen molar-refractivity contribution in [3.63, 3.8) is 0 Å². The number of hydrogen-bond donors (Lipinski definition) is 1. The molecule has 0 heterocycles. The van der Waals surface area contributed by atoms with E-state index in [-0.39, 0.29) is 17.2 Å². The van der Waals surface area contributed by atoms with Gasteiger partial charge in [-0.15, -0.1) is 0 Å². The third-order valence-corrected chi connectivity index (χ3v) is 4.13. The Morgan fingerprint density at radius 3 is 2.14 bits per heavy atom. The predicted octanol–water partition coefficient (Wildman–Crippen LogP) is 2.62. The lowest BCUT2D eigenvalue weighted by Gasteiger charge is -2.16. The van der Waals surface area contributed by atoms with Gasteiger partial charge in [-0.2, -0.15) is 0 Å². The number of hydrogen-bond acceptors (Lipinski definition) is 6. The summed E-state index contributed by atoms with van der Waals surface area (Å²) in [7, 11) is 4.37. The Labute approximate surface area is 164 Å². The first-order chi connectivity index (χ1) is 13.5. The molecule has 0 aliphatic rings. The van der Waals surface area contributed by atoms with Crippen LogP contribution in [0.4, 0.5) is 0 Å². The quantitative estimate of drug-likeness (QED) is 0.666. The molecular formula is C21H25NO6. The lowest BCUT2D eigenvalue weighted by molar-refractivity contribution is -0.129. The van der Waals surface area contributed by atoms with Crippen LogP contribution in [0.15, 0.2) is 42.5 Å². The summed E-state index contributed by atoms with van der Waals surface area (Å²) in [6, 6.07) is 12.8. The van der Waals surface area contributed by atoms with Gasteiger partial charge in [-0.25, -0.2) is 4.79 Å². The van der Waals surface area contributed by atoms with E-state index in [4.69, 9.17) is 18.9 Å². The van der Waals surface area contributed by atoms with E-state index in [1.165, 1.54) is 40.4 Å². The minimum absolute atomic E-state index is 0.143. The number of methoxy groups -OCH3 is 3. The number of carbonyl (C=O) groups is 2. The van der Waals surface area contributed by atoms with Crippen LogP contribution in [0.5, 0.6) is 17.2 Å². The van der Waals surface area contributed by atoms with Crippen LogP contribution in [-0.4, -0.2) is 45.9 Å². The number of esters is 1. The van der Waals surface area contributed by atoms with E-state index in [9.17, 15) is 9.59 Å². The Kier molecular flexibility index (Phi) is 7.68. The van der Waals surface area contributed by atoms with E-state index >= 15 is 0 Å². The third-order valence-electron chi connectivity index (χ3n) is 4.13. The Bertz CT molecular complexity index is 806. The number of nitrogens with one attached hydrogen (secondary N) is 1. The van der Waals surface area contributed by atoms with Crippen molar-refractivity contribution in [3.8, 4) is 17.2 Å². The molecule has 0 saturated heterocycles. The largest absolute Gasteiger partial charge is 0.496 e. The van der Waals surface area contributed by atoms with Gasteiger partial charge >= 0.3 is 5.97 Å². The van der Waals surface area contributed by atoms with Gasteiger partial charge in [0.1, 0.15) is 11.3 Å². The maximum Gasteiger partial charge on any atom is 0.342 e. The van der Waals surface area contributed by atoms with Crippen molar-refractivity contribution >= 4 is 11.9 Å². The van der Waals surface area contributed by atoms with E-state index in [1.807, 2.05) is 30.3 Å². The summed E-state index contributed by atoms with van der Waals surface area (Å²) in [4.78, 5) is 24.7. The van der Waals surface area contributed by atoms with Gasteiger partial charge < -0.3 is 24.3 Å². The molecule has 1 amide bonds. The van der Waals surface area contributed by atoms with Crippen molar-refractivity contribution in [2.24, 2.45) is 0 Å². The molecule has 0 fully saturated rings. The number of carbonyl (C=O) groups excluding carboxylic acids is 2.